The molecule has 0 aliphatic heterocycles. The highest BCUT2D eigenvalue weighted by atomic mass is 79.9. The minimum atomic E-state index is -3.89. The van der Waals surface area contributed by atoms with E-state index < -0.39 is 28.5 Å². The lowest BCUT2D eigenvalue weighted by molar-refractivity contribution is -0.140. The lowest BCUT2D eigenvalue weighted by atomic mass is 9.94. The normalized spacial score (nSPS) is 14.2. The van der Waals surface area contributed by atoms with Gasteiger partial charge < -0.3 is 15.0 Å². The van der Waals surface area contributed by atoms with Crippen LogP contribution in [0.5, 0.6) is 11.5 Å². The first-order valence-electron chi connectivity index (χ1n) is 15.8. The van der Waals surface area contributed by atoms with Gasteiger partial charge in [-0.1, -0.05) is 95.9 Å². The Morgan fingerprint density at radius 3 is 2.09 bits per heavy atom. The summed E-state index contributed by atoms with van der Waals surface area (Å²) in [5, 5.41) is 3.23. The number of carbonyl (C=O) groups is 2. The van der Waals surface area contributed by atoms with Crippen LogP contribution in [0.25, 0.3) is 0 Å². The van der Waals surface area contributed by atoms with Crippen molar-refractivity contribution in [1.82, 2.24) is 10.2 Å². The van der Waals surface area contributed by atoms with Gasteiger partial charge in [-0.15, -0.1) is 0 Å². The molecule has 2 amide bonds. The van der Waals surface area contributed by atoms with Crippen molar-refractivity contribution in [3.05, 3.63) is 125 Å². The Balaban J connectivity index is 1.46. The molecule has 0 heterocycles. The van der Waals surface area contributed by atoms with Crippen LogP contribution in [0.2, 0.25) is 0 Å². The molecular formula is C37H40BrN3O5S. The summed E-state index contributed by atoms with van der Waals surface area (Å²) in [6.07, 6.45) is 6.40. The van der Waals surface area contributed by atoms with E-state index in [1.165, 1.54) is 4.90 Å². The van der Waals surface area contributed by atoms with Crippen LogP contribution in [0, 0.1) is 0 Å². The Bertz CT molecular complexity index is 1730. The molecule has 1 aliphatic carbocycles. The predicted molar refractivity (Wildman–Crippen MR) is 189 cm³/mol. The summed E-state index contributed by atoms with van der Waals surface area (Å²) in [4.78, 5) is 30.0. The van der Waals surface area contributed by atoms with E-state index in [1.807, 2.05) is 84.9 Å². The van der Waals surface area contributed by atoms with Crippen LogP contribution in [-0.4, -0.2) is 50.0 Å². The van der Waals surface area contributed by atoms with Crippen molar-refractivity contribution < 1.29 is 22.7 Å². The molecule has 1 aliphatic rings. The lowest BCUT2D eigenvalue weighted by Crippen LogP contribution is -2.55. The highest BCUT2D eigenvalue weighted by Crippen LogP contribution is 2.27. The topological polar surface area (TPSA) is 96.0 Å². The van der Waals surface area contributed by atoms with Gasteiger partial charge >= 0.3 is 0 Å². The van der Waals surface area contributed by atoms with Crippen LogP contribution in [0.1, 0.15) is 43.2 Å². The fourth-order valence-electron chi connectivity index (χ4n) is 5.85. The van der Waals surface area contributed by atoms with Gasteiger partial charge in [0.25, 0.3) is 0 Å². The second kappa shape index (κ2) is 16.1. The Hall–Kier alpha value is -4.15. The number of hydrogen-bond donors (Lipinski definition) is 1. The largest absolute Gasteiger partial charge is 0.457 e. The van der Waals surface area contributed by atoms with Crippen LogP contribution >= 0.6 is 15.9 Å². The molecule has 47 heavy (non-hydrogen) atoms. The fourth-order valence-corrected chi connectivity index (χ4v) is 7.15. The Labute approximate surface area is 285 Å². The summed E-state index contributed by atoms with van der Waals surface area (Å²) in [5.41, 5.74) is 2.02. The van der Waals surface area contributed by atoms with Gasteiger partial charge in [0.1, 0.15) is 24.1 Å². The van der Waals surface area contributed by atoms with E-state index in [2.05, 4.69) is 21.2 Å². The van der Waals surface area contributed by atoms with E-state index in [0.717, 1.165) is 58.3 Å². The molecule has 0 unspecified atom stereocenters. The number of carbonyl (C=O) groups excluding carboxylic acids is 2. The van der Waals surface area contributed by atoms with Gasteiger partial charge in [0.2, 0.25) is 21.8 Å². The van der Waals surface area contributed by atoms with Gasteiger partial charge in [-0.25, -0.2) is 8.42 Å². The number of amides is 2. The van der Waals surface area contributed by atoms with E-state index in [0.29, 0.717) is 17.2 Å². The monoisotopic (exact) mass is 717 g/mol. The quantitative estimate of drug-likeness (QED) is 0.159. The standard InChI is InChI=1S/C37H40BrN3O5S/c1-47(44,45)41(32-20-22-34(23-21-32)46-33-18-9-4-10-19-33)27-36(42)40(26-29-14-11-15-30(38)24-29)35(25-28-12-5-2-6-13-28)37(43)39-31-16-7-3-8-17-31/h2,4-6,9-15,18-24,31,35H,3,7-8,16-17,25-27H2,1H3,(H,39,43)/t35-/m0/s1. The zero-order chi connectivity index (χ0) is 33.2. The lowest BCUT2D eigenvalue weighted by Gasteiger charge is -2.35. The number of hydrogen-bond acceptors (Lipinski definition) is 5. The maximum atomic E-state index is 14.4. The minimum absolute atomic E-state index is 0.0430. The third kappa shape index (κ3) is 9.92. The molecular weight excluding hydrogens is 678 g/mol. The first-order valence-corrected chi connectivity index (χ1v) is 18.5. The van der Waals surface area contributed by atoms with Crippen molar-refractivity contribution in [1.29, 1.82) is 0 Å². The first kappa shape index (κ1) is 34.2. The molecule has 0 bridgehead atoms. The molecule has 8 nitrogen and oxygen atoms in total. The summed E-state index contributed by atoms with van der Waals surface area (Å²) in [7, 11) is -3.89. The molecule has 246 valence electrons. The molecule has 1 N–H and O–H groups in total. The van der Waals surface area contributed by atoms with Crippen molar-refractivity contribution in [2.75, 3.05) is 17.1 Å². The van der Waals surface area contributed by atoms with Gasteiger partial charge in [-0.2, -0.15) is 0 Å². The van der Waals surface area contributed by atoms with E-state index in [4.69, 9.17) is 4.74 Å². The zero-order valence-corrected chi connectivity index (χ0v) is 28.8. The van der Waals surface area contributed by atoms with Crippen molar-refractivity contribution in [3.8, 4) is 11.5 Å². The summed E-state index contributed by atoms with van der Waals surface area (Å²) in [5.74, 6) is 0.449. The number of rotatable bonds is 13. The van der Waals surface area contributed by atoms with Crippen LogP contribution in [-0.2, 0) is 32.6 Å². The number of sulfonamides is 1. The molecule has 1 saturated carbocycles. The summed E-state index contributed by atoms with van der Waals surface area (Å²) >= 11 is 3.52. The van der Waals surface area contributed by atoms with Crippen LogP contribution in [0.15, 0.2) is 114 Å². The molecule has 1 atom stereocenters. The summed E-state index contributed by atoms with van der Waals surface area (Å²) < 4.78 is 34.1. The number of benzene rings is 4. The van der Waals surface area contributed by atoms with Gasteiger partial charge in [-0.05, 0) is 72.5 Å². The van der Waals surface area contributed by atoms with Gasteiger partial charge in [-0.3, -0.25) is 13.9 Å². The van der Waals surface area contributed by atoms with E-state index in [-0.39, 0.29) is 24.9 Å². The SMILES string of the molecule is CS(=O)(=O)N(CC(=O)N(Cc1cccc(Br)c1)[C@@H](Cc1ccccc1)C(=O)NC1CCCCC1)c1ccc(Oc2ccccc2)cc1. The Morgan fingerprint density at radius 1 is 0.830 bits per heavy atom. The number of ether oxygens (including phenoxy) is 1. The minimum Gasteiger partial charge on any atom is -0.457 e. The molecule has 0 radical (unpaired) electrons. The number of para-hydroxylation sites is 1. The van der Waals surface area contributed by atoms with E-state index in [1.54, 1.807) is 24.3 Å². The predicted octanol–water partition coefficient (Wildman–Crippen LogP) is 7.10. The van der Waals surface area contributed by atoms with Crippen LogP contribution < -0.4 is 14.4 Å². The van der Waals surface area contributed by atoms with Gasteiger partial charge in [0.15, 0.2) is 0 Å². The van der Waals surface area contributed by atoms with E-state index >= 15 is 0 Å². The highest BCUT2D eigenvalue weighted by molar-refractivity contribution is 9.10. The smallest absolute Gasteiger partial charge is 0.244 e. The van der Waals surface area contributed by atoms with Gasteiger partial charge in [0.05, 0.1) is 11.9 Å². The van der Waals surface area contributed by atoms with Crippen molar-refractivity contribution in [2.24, 2.45) is 0 Å². The van der Waals surface area contributed by atoms with Crippen molar-refractivity contribution in [2.45, 2.75) is 57.2 Å². The Morgan fingerprint density at radius 2 is 1.45 bits per heavy atom. The molecule has 1 fully saturated rings. The molecule has 0 aromatic heterocycles. The van der Waals surface area contributed by atoms with E-state index in [9.17, 15) is 18.0 Å². The second-order valence-corrected chi connectivity index (χ2v) is 14.7. The van der Waals surface area contributed by atoms with Crippen molar-refractivity contribution >= 4 is 43.5 Å². The zero-order valence-electron chi connectivity index (χ0n) is 26.4. The summed E-state index contributed by atoms with van der Waals surface area (Å²) in [6.45, 7) is -0.358. The number of halogens is 1. The average molecular weight is 719 g/mol. The van der Waals surface area contributed by atoms with Gasteiger partial charge in [0, 0.05) is 23.5 Å². The Kier molecular flexibility index (Phi) is 11.7. The molecule has 0 spiro atoms. The maximum Gasteiger partial charge on any atom is 0.244 e. The first-order chi connectivity index (χ1) is 22.7. The molecule has 5 rings (SSSR count). The fraction of sp³-hybridized carbons (Fsp3) is 0.297. The average Bonchev–Trinajstić information content (AvgIpc) is 3.06. The number of nitrogens with zero attached hydrogens (tertiary/aromatic N) is 2. The highest BCUT2D eigenvalue weighted by Gasteiger charge is 2.34. The molecule has 0 saturated heterocycles. The van der Waals surface area contributed by atoms with Crippen LogP contribution in [0.3, 0.4) is 0 Å². The second-order valence-electron chi connectivity index (χ2n) is 11.9. The third-order valence-corrected chi connectivity index (χ3v) is 9.88. The molecule has 4 aromatic rings. The maximum absolute atomic E-state index is 14.4. The summed E-state index contributed by atoms with van der Waals surface area (Å²) in [6, 6.07) is 32.1. The van der Waals surface area contributed by atoms with Crippen molar-refractivity contribution in [3.63, 3.8) is 0 Å². The number of anilines is 1. The molecule has 4 aromatic carbocycles. The van der Waals surface area contributed by atoms with Crippen LogP contribution in [0.4, 0.5) is 5.69 Å². The number of nitrogens with one attached hydrogen (secondary N) is 1. The third-order valence-electron chi connectivity index (χ3n) is 8.25. The molecule has 10 heteroatoms.